The molecule has 0 fully saturated rings. The number of aromatic nitrogens is 4. The summed E-state index contributed by atoms with van der Waals surface area (Å²) in [6.07, 6.45) is 0. The fourth-order valence-electron chi connectivity index (χ4n) is 2.49. The van der Waals surface area contributed by atoms with Gasteiger partial charge >= 0.3 is 0 Å². The molecule has 1 heterocycles. The summed E-state index contributed by atoms with van der Waals surface area (Å²) in [5.41, 5.74) is 2.07. The van der Waals surface area contributed by atoms with Crippen LogP contribution < -0.4 is 10.1 Å². The first-order valence-corrected chi connectivity index (χ1v) is 11.0. The van der Waals surface area contributed by atoms with E-state index in [1.54, 1.807) is 16.4 Å². The predicted octanol–water partition coefficient (Wildman–Crippen LogP) is 4.47. The van der Waals surface area contributed by atoms with Crippen molar-refractivity contribution < 1.29 is 4.74 Å². The van der Waals surface area contributed by atoms with Gasteiger partial charge in [-0.1, -0.05) is 45.9 Å². The highest BCUT2D eigenvalue weighted by atomic mass is 79.9. The highest BCUT2D eigenvalue weighted by molar-refractivity contribution is 9.11. The lowest BCUT2D eigenvalue weighted by Crippen LogP contribution is -2.17. The van der Waals surface area contributed by atoms with Crippen molar-refractivity contribution in [2.75, 3.05) is 18.9 Å². The second kappa shape index (κ2) is 10.2. The number of nitrogens with one attached hydrogen (secondary N) is 1. The van der Waals surface area contributed by atoms with Gasteiger partial charge in [0.15, 0.2) is 0 Å². The van der Waals surface area contributed by atoms with Crippen molar-refractivity contribution in [2.24, 2.45) is 0 Å². The second-order valence-electron chi connectivity index (χ2n) is 5.54. The molecule has 142 valence electrons. The zero-order valence-corrected chi connectivity index (χ0v) is 18.7. The lowest BCUT2D eigenvalue weighted by atomic mass is 10.2. The molecule has 0 radical (unpaired) electrons. The first-order chi connectivity index (χ1) is 13.2. The molecule has 6 nitrogen and oxygen atoms in total. The van der Waals surface area contributed by atoms with Gasteiger partial charge < -0.3 is 10.1 Å². The summed E-state index contributed by atoms with van der Waals surface area (Å²) in [6.45, 7) is 4.16. The smallest absolute Gasteiger partial charge is 0.214 e. The van der Waals surface area contributed by atoms with Crippen LogP contribution in [0.25, 0.3) is 5.69 Å². The number of halogens is 2. The molecule has 0 aliphatic carbocycles. The van der Waals surface area contributed by atoms with E-state index in [1.165, 1.54) is 0 Å². The van der Waals surface area contributed by atoms with Crippen LogP contribution in [0.3, 0.4) is 0 Å². The minimum absolute atomic E-state index is 0.630. The molecule has 0 aliphatic heterocycles. The van der Waals surface area contributed by atoms with Crippen molar-refractivity contribution in [3.63, 3.8) is 0 Å². The standard InChI is InChI=1S/C18H19Br2N5OS/c1-2-26-17-13(10-14(19)11-16(17)20)12-21-8-9-27-18-22-23-24-25(18)15-6-4-3-5-7-15/h3-7,10-11,21H,2,8-9,12H2,1H3. The van der Waals surface area contributed by atoms with Gasteiger partial charge in [0.05, 0.1) is 16.8 Å². The first-order valence-electron chi connectivity index (χ1n) is 8.47. The van der Waals surface area contributed by atoms with Crippen molar-refractivity contribution >= 4 is 43.6 Å². The van der Waals surface area contributed by atoms with E-state index in [-0.39, 0.29) is 0 Å². The Morgan fingerprint density at radius 2 is 2.00 bits per heavy atom. The van der Waals surface area contributed by atoms with E-state index in [0.29, 0.717) is 6.61 Å². The molecular weight excluding hydrogens is 494 g/mol. The number of nitrogens with zero attached hydrogens (tertiary/aromatic N) is 4. The number of thioether (sulfide) groups is 1. The minimum atomic E-state index is 0.630. The highest BCUT2D eigenvalue weighted by Crippen LogP contribution is 2.33. The number of hydrogen-bond donors (Lipinski definition) is 1. The van der Waals surface area contributed by atoms with Gasteiger partial charge in [-0.25, -0.2) is 0 Å². The molecule has 27 heavy (non-hydrogen) atoms. The fourth-order valence-corrected chi connectivity index (χ4v) is 4.70. The normalized spacial score (nSPS) is 10.9. The van der Waals surface area contributed by atoms with E-state index in [1.807, 2.05) is 43.3 Å². The Morgan fingerprint density at radius 3 is 2.78 bits per heavy atom. The Bertz CT molecular complexity index is 875. The van der Waals surface area contributed by atoms with Crippen LogP contribution >= 0.6 is 43.6 Å². The lowest BCUT2D eigenvalue weighted by molar-refractivity contribution is 0.333. The Hall–Kier alpha value is -1.42. The lowest BCUT2D eigenvalue weighted by Gasteiger charge is -2.13. The van der Waals surface area contributed by atoms with E-state index < -0.39 is 0 Å². The average molecular weight is 513 g/mol. The van der Waals surface area contributed by atoms with Gasteiger partial charge in [0, 0.05) is 28.9 Å². The zero-order valence-electron chi connectivity index (χ0n) is 14.7. The topological polar surface area (TPSA) is 64.9 Å². The number of benzene rings is 2. The van der Waals surface area contributed by atoms with Crippen molar-refractivity contribution in [1.29, 1.82) is 0 Å². The monoisotopic (exact) mass is 511 g/mol. The predicted molar refractivity (Wildman–Crippen MR) is 115 cm³/mol. The van der Waals surface area contributed by atoms with Crippen molar-refractivity contribution in [2.45, 2.75) is 18.6 Å². The molecule has 1 N–H and O–H groups in total. The van der Waals surface area contributed by atoms with Crippen molar-refractivity contribution in [3.8, 4) is 11.4 Å². The number of rotatable bonds is 9. The molecule has 0 amide bonds. The van der Waals surface area contributed by atoms with Gasteiger partial charge in [-0.3, -0.25) is 0 Å². The third kappa shape index (κ3) is 5.54. The van der Waals surface area contributed by atoms with Crippen LogP contribution in [0.15, 0.2) is 56.6 Å². The van der Waals surface area contributed by atoms with Crippen molar-refractivity contribution in [3.05, 3.63) is 57.0 Å². The highest BCUT2D eigenvalue weighted by Gasteiger charge is 2.11. The van der Waals surface area contributed by atoms with Gasteiger partial charge in [0.1, 0.15) is 5.75 Å². The molecule has 0 atom stereocenters. The molecule has 0 aliphatic rings. The van der Waals surface area contributed by atoms with Gasteiger partial charge in [0.25, 0.3) is 0 Å². The number of para-hydroxylation sites is 1. The summed E-state index contributed by atoms with van der Waals surface area (Å²) in [6, 6.07) is 14.0. The summed E-state index contributed by atoms with van der Waals surface area (Å²) in [5, 5.41) is 16.2. The molecule has 9 heteroatoms. The Morgan fingerprint density at radius 1 is 1.19 bits per heavy atom. The van der Waals surface area contributed by atoms with Gasteiger partial charge in [-0.2, -0.15) is 4.68 Å². The molecule has 0 unspecified atom stereocenters. The van der Waals surface area contributed by atoms with Crippen LogP contribution in [0.4, 0.5) is 0 Å². The third-order valence-corrected chi connectivity index (χ3v) is 5.61. The Balaban J connectivity index is 1.53. The first kappa shape index (κ1) is 20.3. The summed E-state index contributed by atoms with van der Waals surface area (Å²) < 4.78 is 9.48. The number of ether oxygens (including phenoxy) is 1. The van der Waals surface area contributed by atoms with Crippen LogP contribution in [0.5, 0.6) is 5.75 Å². The van der Waals surface area contributed by atoms with Crippen LogP contribution in [0.1, 0.15) is 12.5 Å². The van der Waals surface area contributed by atoms with Crippen LogP contribution in [-0.4, -0.2) is 39.1 Å². The largest absolute Gasteiger partial charge is 0.492 e. The summed E-state index contributed by atoms with van der Waals surface area (Å²) >= 11 is 8.72. The van der Waals surface area contributed by atoms with Crippen LogP contribution in [0.2, 0.25) is 0 Å². The average Bonchev–Trinajstić information content (AvgIpc) is 3.13. The van der Waals surface area contributed by atoms with E-state index in [4.69, 9.17) is 4.74 Å². The summed E-state index contributed by atoms with van der Waals surface area (Å²) in [7, 11) is 0. The molecule has 0 bridgehead atoms. The zero-order chi connectivity index (χ0) is 19.1. The quantitative estimate of drug-likeness (QED) is 0.337. The third-order valence-electron chi connectivity index (χ3n) is 3.64. The molecule has 1 aromatic heterocycles. The maximum absolute atomic E-state index is 5.76. The molecule has 0 saturated carbocycles. The van der Waals surface area contributed by atoms with Gasteiger partial charge in [0.2, 0.25) is 5.16 Å². The van der Waals surface area contributed by atoms with Crippen LogP contribution in [0, 0.1) is 0 Å². The molecule has 3 aromatic rings. The van der Waals surface area contributed by atoms with E-state index in [2.05, 4.69) is 58.8 Å². The second-order valence-corrected chi connectivity index (χ2v) is 8.38. The van der Waals surface area contributed by atoms with E-state index in [9.17, 15) is 0 Å². The molecule has 2 aromatic carbocycles. The fraction of sp³-hybridized carbons (Fsp3) is 0.278. The summed E-state index contributed by atoms with van der Waals surface area (Å²) in [4.78, 5) is 0. The maximum atomic E-state index is 5.76. The molecule has 0 saturated heterocycles. The molecule has 3 rings (SSSR count). The van der Waals surface area contributed by atoms with Gasteiger partial charge in [-0.05, 0) is 57.5 Å². The van der Waals surface area contributed by atoms with E-state index in [0.717, 1.165) is 49.9 Å². The Labute approximate surface area is 179 Å². The number of tetrazole rings is 1. The number of hydrogen-bond acceptors (Lipinski definition) is 6. The maximum Gasteiger partial charge on any atom is 0.214 e. The van der Waals surface area contributed by atoms with Crippen molar-refractivity contribution in [1.82, 2.24) is 25.5 Å². The SMILES string of the molecule is CCOc1c(Br)cc(Br)cc1CNCCSc1nnnn1-c1ccccc1. The van der Waals surface area contributed by atoms with E-state index >= 15 is 0 Å². The van der Waals surface area contributed by atoms with Crippen LogP contribution in [-0.2, 0) is 6.54 Å². The van der Waals surface area contributed by atoms with Gasteiger partial charge in [-0.15, -0.1) is 5.10 Å². The molecule has 0 spiro atoms. The molecular formula is C18H19Br2N5OS. The minimum Gasteiger partial charge on any atom is -0.492 e. The summed E-state index contributed by atoms with van der Waals surface area (Å²) in [5.74, 6) is 1.74. The Kier molecular flexibility index (Phi) is 7.69.